The lowest BCUT2D eigenvalue weighted by Crippen LogP contribution is -2.64. The number of hydrogen-bond donors (Lipinski definition) is 2. The Hall–Kier alpha value is -2.10. The number of nitriles is 1. The van der Waals surface area contributed by atoms with E-state index in [0.29, 0.717) is 40.6 Å². The third kappa shape index (κ3) is 5.03. The average Bonchev–Trinajstić information content (AvgIpc) is 2.52. The molecule has 0 aromatic heterocycles. The summed E-state index contributed by atoms with van der Waals surface area (Å²) in [4.78, 5) is 26.5. The third-order valence-electron chi connectivity index (χ3n) is 5.28. The highest BCUT2D eigenvalue weighted by Gasteiger charge is 2.52. The molecule has 6 nitrogen and oxygen atoms in total. The SMILES string of the molecule is CC(C)(C)NC(=O)CN1CC2(CC(CNC(=O)c3cc(Cl)cc(C#N)c3)C2)C1. The highest BCUT2D eigenvalue weighted by molar-refractivity contribution is 6.31. The van der Waals surface area contributed by atoms with Crippen molar-refractivity contribution in [2.45, 2.75) is 39.2 Å². The maximum atomic E-state index is 12.3. The number of nitrogens with one attached hydrogen (secondary N) is 2. The first kappa shape index (κ1) is 20.6. The molecule has 1 spiro atoms. The summed E-state index contributed by atoms with van der Waals surface area (Å²) in [6.45, 7) is 8.94. The summed E-state index contributed by atoms with van der Waals surface area (Å²) in [5.41, 5.74) is 0.917. The smallest absolute Gasteiger partial charge is 0.251 e. The lowest BCUT2D eigenvalue weighted by molar-refractivity contribution is -0.133. The summed E-state index contributed by atoms with van der Waals surface area (Å²) < 4.78 is 0. The summed E-state index contributed by atoms with van der Waals surface area (Å²) in [6.07, 6.45) is 2.15. The minimum Gasteiger partial charge on any atom is -0.352 e. The topological polar surface area (TPSA) is 85.2 Å². The normalized spacial score (nSPS) is 18.7. The van der Waals surface area contributed by atoms with Crippen LogP contribution in [0.3, 0.4) is 0 Å². The highest BCUT2D eigenvalue weighted by Crippen LogP contribution is 2.51. The quantitative estimate of drug-likeness (QED) is 0.792. The molecule has 0 unspecified atom stereocenters. The van der Waals surface area contributed by atoms with Gasteiger partial charge in [-0.1, -0.05) is 11.6 Å². The van der Waals surface area contributed by atoms with E-state index in [9.17, 15) is 9.59 Å². The van der Waals surface area contributed by atoms with Crippen LogP contribution in [-0.2, 0) is 4.79 Å². The Kier molecular flexibility index (Phi) is 5.69. The second-order valence-corrected chi connectivity index (χ2v) is 9.70. The molecular formula is C21H27ClN4O2. The lowest BCUT2D eigenvalue weighted by Gasteiger charge is -2.59. The average molecular weight is 403 g/mol. The number of hydrogen-bond acceptors (Lipinski definition) is 4. The van der Waals surface area contributed by atoms with Gasteiger partial charge in [-0.2, -0.15) is 5.26 Å². The monoisotopic (exact) mass is 402 g/mol. The van der Waals surface area contributed by atoms with Crippen LogP contribution in [0, 0.1) is 22.7 Å². The summed E-state index contributed by atoms with van der Waals surface area (Å²) >= 11 is 5.96. The van der Waals surface area contributed by atoms with E-state index >= 15 is 0 Å². The van der Waals surface area contributed by atoms with Gasteiger partial charge in [0, 0.05) is 35.8 Å². The van der Waals surface area contributed by atoms with Crippen molar-refractivity contribution in [2.24, 2.45) is 11.3 Å². The molecule has 1 heterocycles. The van der Waals surface area contributed by atoms with E-state index < -0.39 is 0 Å². The maximum Gasteiger partial charge on any atom is 0.251 e. The Balaban J connectivity index is 1.38. The molecule has 150 valence electrons. The van der Waals surface area contributed by atoms with Crippen molar-refractivity contribution in [1.29, 1.82) is 5.26 Å². The fourth-order valence-corrected chi connectivity index (χ4v) is 4.60. The lowest BCUT2D eigenvalue weighted by atomic mass is 9.57. The highest BCUT2D eigenvalue weighted by atomic mass is 35.5. The van der Waals surface area contributed by atoms with Crippen molar-refractivity contribution in [3.63, 3.8) is 0 Å². The first-order valence-corrected chi connectivity index (χ1v) is 9.98. The maximum absolute atomic E-state index is 12.3. The van der Waals surface area contributed by atoms with Crippen molar-refractivity contribution in [2.75, 3.05) is 26.2 Å². The molecule has 2 N–H and O–H groups in total. The molecular weight excluding hydrogens is 376 g/mol. The van der Waals surface area contributed by atoms with E-state index in [1.54, 1.807) is 12.1 Å². The number of halogens is 1. The molecule has 2 fully saturated rings. The van der Waals surface area contributed by atoms with Crippen molar-refractivity contribution in [3.05, 3.63) is 34.3 Å². The van der Waals surface area contributed by atoms with Gasteiger partial charge < -0.3 is 10.6 Å². The number of amides is 2. The molecule has 3 rings (SSSR count). The molecule has 0 bridgehead atoms. The predicted molar refractivity (Wildman–Crippen MR) is 108 cm³/mol. The fraction of sp³-hybridized carbons (Fsp3) is 0.571. The van der Waals surface area contributed by atoms with Gasteiger partial charge in [0.15, 0.2) is 0 Å². The largest absolute Gasteiger partial charge is 0.352 e. The third-order valence-corrected chi connectivity index (χ3v) is 5.50. The molecule has 0 atom stereocenters. The Morgan fingerprint density at radius 3 is 2.57 bits per heavy atom. The zero-order chi connectivity index (χ0) is 20.5. The first-order valence-electron chi connectivity index (χ1n) is 9.60. The van der Waals surface area contributed by atoms with Gasteiger partial charge in [0.2, 0.25) is 5.91 Å². The van der Waals surface area contributed by atoms with E-state index in [4.69, 9.17) is 16.9 Å². The van der Waals surface area contributed by atoms with Crippen LogP contribution in [-0.4, -0.2) is 48.4 Å². The molecule has 7 heteroatoms. The van der Waals surface area contributed by atoms with Crippen molar-refractivity contribution >= 4 is 23.4 Å². The minimum atomic E-state index is -0.200. The zero-order valence-electron chi connectivity index (χ0n) is 16.6. The molecule has 1 aliphatic heterocycles. The number of benzene rings is 1. The summed E-state index contributed by atoms with van der Waals surface area (Å²) in [5.74, 6) is 0.335. The standard InChI is InChI=1S/C21H27ClN4O2/c1-20(2,3)25-18(27)11-26-12-21(13-26)7-15(8-21)10-24-19(28)16-4-14(9-23)5-17(22)6-16/h4-6,15H,7-8,10-13H2,1-3H3,(H,24,28)(H,25,27). The van der Waals surface area contributed by atoms with Crippen LogP contribution in [0.1, 0.15) is 49.5 Å². The van der Waals surface area contributed by atoms with Crippen molar-refractivity contribution < 1.29 is 9.59 Å². The van der Waals surface area contributed by atoms with Gasteiger partial charge in [-0.3, -0.25) is 14.5 Å². The van der Waals surface area contributed by atoms with E-state index in [0.717, 1.165) is 25.9 Å². The number of likely N-dealkylation sites (tertiary alicyclic amines) is 1. The molecule has 1 aromatic carbocycles. The van der Waals surface area contributed by atoms with Gasteiger partial charge in [0.05, 0.1) is 18.2 Å². The van der Waals surface area contributed by atoms with Gasteiger partial charge in [-0.15, -0.1) is 0 Å². The molecule has 1 saturated heterocycles. The summed E-state index contributed by atoms with van der Waals surface area (Å²) in [7, 11) is 0. The van der Waals surface area contributed by atoms with Crippen molar-refractivity contribution in [1.82, 2.24) is 15.5 Å². The van der Waals surface area contributed by atoms with Crippen LogP contribution in [0.2, 0.25) is 5.02 Å². The van der Waals surface area contributed by atoms with Crippen LogP contribution in [0.4, 0.5) is 0 Å². The molecule has 2 aliphatic rings. The summed E-state index contributed by atoms with van der Waals surface area (Å²) in [5, 5.41) is 15.3. The Morgan fingerprint density at radius 1 is 1.29 bits per heavy atom. The Bertz CT molecular complexity index is 811. The molecule has 1 saturated carbocycles. The van der Waals surface area contributed by atoms with Crippen LogP contribution in [0.15, 0.2) is 18.2 Å². The molecule has 0 radical (unpaired) electrons. The second kappa shape index (κ2) is 7.73. The van der Waals surface area contributed by atoms with Crippen molar-refractivity contribution in [3.8, 4) is 6.07 Å². The zero-order valence-corrected chi connectivity index (χ0v) is 17.4. The Morgan fingerprint density at radius 2 is 1.96 bits per heavy atom. The molecule has 2 amide bonds. The van der Waals surface area contributed by atoms with Crippen LogP contribution >= 0.6 is 11.6 Å². The summed E-state index contributed by atoms with van der Waals surface area (Å²) in [6, 6.07) is 6.68. The van der Waals surface area contributed by atoms with E-state index in [-0.39, 0.29) is 17.4 Å². The van der Waals surface area contributed by atoms with Gasteiger partial charge in [-0.25, -0.2) is 0 Å². The fourth-order valence-electron chi connectivity index (χ4n) is 4.37. The number of rotatable bonds is 5. The van der Waals surface area contributed by atoms with Crippen LogP contribution in [0.25, 0.3) is 0 Å². The van der Waals surface area contributed by atoms with E-state index in [1.807, 2.05) is 26.8 Å². The van der Waals surface area contributed by atoms with Gasteiger partial charge in [0.1, 0.15) is 0 Å². The number of nitrogens with zero attached hydrogens (tertiary/aromatic N) is 2. The van der Waals surface area contributed by atoms with Gasteiger partial charge in [-0.05, 0) is 63.1 Å². The van der Waals surface area contributed by atoms with E-state index in [2.05, 4.69) is 15.5 Å². The van der Waals surface area contributed by atoms with Gasteiger partial charge in [0.25, 0.3) is 5.91 Å². The molecule has 1 aromatic rings. The van der Waals surface area contributed by atoms with Crippen LogP contribution < -0.4 is 10.6 Å². The first-order chi connectivity index (χ1) is 13.1. The molecule has 28 heavy (non-hydrogen) atoms. The van der Waals surface area contributed by atoms with E-state index in [1.165, 1.54) is 6.07 Å². The number of carbonyl (C=O) groups excluding carboxylic acids is 2. The molecule has 1 aliphatic carbocycles. The predicted octanol–water partition coefficient (Wildman–Crippen LogP) is 2.57. The number of carbonyl (C=O) groups is 2. The van der Waals surface area contributed by atoms with Gasteiger partial charge >= 0.3 is 0 Å². The minimum absolute atomic E-state index is 0.0729. The second-order valence-electron chi connectivity index (χ2n) is 9.27. The Labute approximate surface area is 171 Å². The van der Waals surface area contributed by atoms with Crippen LogP contribution in [0.5, 0.6) is 0 Å².